The van der Waals surface area contributed by atoms with Crippen molar-refractivity contribution in [3.05, 3.63) is 77.6 Å². The molecule has 1 aliphatic carbocycles. The maximum Gasteiger partial charge on any atom is 0.266 e. The molecule has 130 valence electrons. The molecule has 0 bridgehead atoms. The van der Waals surface area contributed by atoms with Crippen molar-refractivity contribution in [2.75, 3.05) is 0 Å². The maximum atomic E-state index is 12.6. The van der Waals surface area contributed by atoms with E-state index in [1.165, 1.54) is 12.2 Å². The molecule has 1 fully saturated rings. The number of allylic oxidation sites excluding steroid dienone is 4. The van der Waals surface area contributed by atoms with Gasteiger partial charge in [-0.25, -0.2) is 0 Å². The van der Waals surface area contributed by atoms with Crippen LogP contribution in [0.2, 0.25) is 0 Å². The van der Waals surface area contributed by atoms with Crippen LogP contribution in [0.1, 0.15) is 36.0 Å². The van der Waals surface area contributed by atoms with Gasteiger partial charge in [-0.1, -0.05) is 37.8 Å². The highest BCUT2D eigenvalue weighted by atomic mass is 16.3. The molecule has 3 rings (SSSR count). The number of hydrogen-bond acceptors (Lipinski definition) is 3. The minimum atomic E-state index is -1.95. The van der Waals surface area contributed by atoms with Crippen molar-refractivity contribution in [2.24, 2.45) is 0 Å². The van der Waals surface area contributed by atoms with Crippen LogP contribution in [-0.4, -0.2) is 16.1 Å². The average Bonchev–Trinajstić information content (AvgIpc) is 2.75. The van der Waals surface area contributed by atoms with Crippen molar-refractivity contribution in [1.29, 1.82) is 0 Å². The second-order valence-electron chi connectivity index (χ2n) is 6.50. The average molecular weight is 337 g/mol. The molecular weight excluding hydrogens is 314 g/mol. The quantitative estimate of drug-likeness (QED) is 0.742. The Balaban J connectivity index is 2.19. The monoisotopic (exact) mass is 337 g/mol. The minimum absolute atomic E-state index is 0.0619. The molecule has 0 saturated carbocycles. The van der Waals surface area contributed by atoms with Gasteiger partial charge in [-0.3, -0.25) is 4.79 Å². The van der Waals surface area contributed by atoms with Crippen molar-refractivity contribution in [2.45, 2.75) is 37.7 Å². The van der Waals surface area contributed by atoms with Gasteiger partial charge in [-0.15, -0.1) is 0 Å². The van der Waals surface area contributed by atoms with Crippen molar-refractivity contribution in [3.8, 4) is 5.75 Å². The maximum absolute atomic E-state index is 12.6. The first-order chi connectivity index (χ1) is 12.0. The molecule has 25 heavy (non-hydrogen) atoms. The predicted octanol–water partition coefficient (Wildman–Crippen LogP) is 3.16. The fourth-order valence-corrected chi connectivity index (χ4v) is 3.68. The van der Waals surface area contributed by atoms with Gasteiger partial charge in [0.1, 0.15) is 5.75 Å². The summed E-state index contributed by atoms with van der Waals surface area (Å²) >= 11 is 0. The lowest BCUT2D eigenvalue weighted by Gasteiger charge is -2.24. The zero-order valence-corrected chi connectivity index (χ0v) is 14.2. The molecule has 1 saturated heterocycles. The first-order valence-electron chi connectivity index (χ1n) is 8.57. The number of carbonyl (C=O) groups is 1. The summed E-state index contributed by atoms with van der Waals surface area (Å²) in [5.41, 5.74) is 1.26. The number of phenolic OH excluding ortho intramolecular Hbond substituents is 1. The lowest BCUT2D eigenvalue weighted by Crippen LogP contribution is -2.36. The number of rotatable bonds is 3. The van der Waals surface area contributed by atoms with E-state index in [1.54, 1.807) is 24.3 Å². The van der Waals surface area contributed by atoms with Crippen LogP contribution in [0.4, 0.5) is 0 Å². The molecule has 1 atom stereocenters. The van der Waals surface area contributed by atoms with Gasteiger partial charge < -0.3 is 15.5 Å². The van der Waals surface area contributed by atoms with Gasteiger partial charge in [-0.05, 0) is 55.0 Å². The molecule has 1 heterocycles. The fourth-order valence-electron chi connectivity index (χ4n) is 3.68. The first kappa shape index (κ1) is 17.2. The number of nitrogens with one attached hydrogen (secondary N) is 1. The molecule has 1 amide bonds. The molecule has 4 nitrogen and oxygen atoms in total. The van der Waals surface area contributed by atoms with Gasteiger partial charge in [0, 0.05) is 16.8 Å². The van der Waals surface area contributed by atoms with Crippen LogP contribution < -0.4 is 5.32 Å². The molecule has 1 aromatic carbocycles. The molecule has 1 aromatic rings. The highest BCUT2D eigenvalue weighted by Gasteiger charge is 2.50. The summed E-state index contributed by atoms with van der Waals surface area (Å²) in [6.45, 7) is 7.30. The molecule has 1 aliphatic heterocycles. The third-order valence-corrected chi connectivity index (χ3v) is 4.93. The predicted molar refractivity (Wildman–Crippen MR) is 98.0 cm³/mol. The topological polar surface area (TPSA) is 69.6 Å². The van der Waals surface area contributed by atoms with Gasteiger partial charge in [-0.2, -0.15) is 0 Å². The van der Waals surface area contributed by atoms with Gasteiger partial charge in [0.05, 0.1) is 0 Å². The lowest BCUT2D eigenvalue weighted by atomic mass is 9.83. The van der Waals surface area contributed by atoms with Crippen LogP contribution in [-0.2, 0) is 23.2 Å². The molecule has 0 aromatic heterocycles. The first-order valence-corrected chi connectivity index (χ1v) is 8.57. The smallest absolute Gasteiger partial charge is 0.266 e. The van der Waals surface area contributed by atoms with Crippen LogP contribution in [0.5, 0.6) is 5.75 Å². The largest absolute Gasteiger partial charge is 0.508 e. The molecular formula is C21H23NO3. The number of aryl methyl sites for hydroxylation is 2. The van der Waals surface area contributed by atoms with E-state index in [4.69, 9.17) is 0 Å². The van der Waals surface area contributed by atoms with E-state index in [-0.39, 0.29) is 11.3 Å². The summed E-state index contributed by atoms with van der Waals surface area (Å²) in [6, 6.07) is 3.48. The second-order valence-corrected chi connectivity index (χ2v) is 6.50. The molecule has 3 N–H and O–H groups in total. The molecule has 0 radical (unpaired) electrons. The molecule has 4 heteroatoms. The number of aromatic hydroxyl groups is 1. The fraction of sp³-hybridized carbons (Fsp3) is 0.286. The number of benzene rings is 1. The summed E-state index contributed by atoms with van der Waals surface area (Å²) in [5.74, 6) is -0.648. The molecule has 1 unspecified atom stereocenters. The Morgan fingerprint density at radius 3 is 2.32 bits per heavy atom. The highest BCUT2D eigenvalue weighted by Crippen LogP contribution is 2.44. The van der Waals surface area contributed by atoms with Crippen molar-refractivity contribution in [1.82, 2.24) is 5.32 Å². The summed E-state index contributed by atoms with van der Waals surface area (Å²) in [6.07, 6.45) is 11.3. The van der Waals surface area contributed by atoms with Crippen molar-refractivity contribution < 1.29 is 15.0 Å². The Hall–Kier alpha value is -2.59. The minimum Gasteiger partial charge on any atom is -0.508 e. The number of hydrogen-bond donors (Lipinski definition) is 3. The van der Waals surface area contributed by atoms with Gasteiger partial charge in [0.2, 0.25) is 0 Å². The second kappa shape index (κ2) is 6.73. The third kappa shape index (κ3) is 2.83. The summed E-state index contributed by atoms with van der Waals surface area (Å²) < 4.78 is 0. The van der Waals surface area contributed by atoms with E-state index in [0.717, 1.165) is 43.2 Å². The number of fused-ring (bicyclic) bond motifs is 1. The van der Waals surface area contributed by atoms with Crippen LogP contribution in [0, 0.1) is 0 Å². The van der Waals surface area contributed by atoms with E-state index >= 15 is 0 Å². The Kier molecular flexibility index (Phi) is 4.64. The number of phenols is 1. The summed E-state index contributed by atoms with van der Waals surface area (Å²) in [4.78, 5) is 12.6. The van der Waals surface area contributed by atoms with E-state index < -0.39 is 11.5 Å². The van der Waals surface area contributed by atoms with E-state index in [1.807, 2.05) is 0 Å². The van der Waals surface area contributed by atoms with Crippen LogP contribution >= 0.6 is 0 Å². The van der Waals surface area contributed by atoms with E-state index in [9.17, 15) is 15.0 Å². The normalized spacial score (nSPS) is 26.2. The lowest BCUT2D eigenvalue weighted by molar-refractivity contribution is -0.133. The van der Waals surface area contributed by atoms with Crippen LogP contribution in [0.15, 0.2) is 60.9 Å². The van der Waals surface area contributed by atoms with Crippen molar-refractivity contribution in [3.63, 3.8) is 0 Å². The number of aliphatic hydroxyl groups is 1. The molecule has 0 spiro atoms. The number of carbonyl (C=O) groups excluding carboxylic acids is 1. The van der Waals surface area contributed by atoms with E-state index in [2.05, 4.69) is 18.5 Å². The molecule has 2 aliphatic rings. The van der Waals surface area contributed by atoms with Gasteiger partial charge in [0.15, 0.2) is 5.60 Å². The van der Waals surface area contributed by atoms with Crippen LogP contribution in [0.25, 0.3) is 0 Å². The van der Waals surface area contributed by atoms with Crippen molar-refractivity contribution >= 4 is 5.91 Å². The van der Waals surface area contributed by atoms with E-state index in [0.29, 0.717) is 11.3 Å². The standard InChI is InChI=1S/C21H23NO3/c1-3-8-16-18(9-4-2)22-20(24)21(16,25)17-12-14-10-6-5-7-11-15(14)13-19(17)23/h3-4,8-9,12-13,23,25H,1-2,5-7,10-11H2,(H,22,24)/b16-8+,18-9+. The number of amides is 1. The Labute approximate surface area is 147 Å². The third-order valence-electron chi connectivity index (χ3n) is 4.93. The van der Waals surface area contributed by atoms with Gasteiger partial charge >= 0.3 is 0 Å². The SMILES string of the molecule is C=C/C=C1/NC(=O)C(O)(c2cc3c(cc2O)CCCCC3)/C1=C/C=C. The zero-order chi connectivity index (χ0) is 18.0. The summed E-state index contributed by atoms with van der Waals surface area (Å²) in [7, 11) is 0. The van der Waals surface area contributed by atoms with Crippen LogP contribution in [0.3, 0.4) is 0 Å². The Morgan fingerprint density at radius 2 is 1.68 bits per heavy atom. The Morgan fingerprint density at radius 1 is 1.04 bits per heavy atom. The Bertz CT molecular complexity index is 804. The zero-order valence-electron chi connectivity index (χ0n) is 14.2. The highest BCUT2D eigenvalue weighted by molar-refractivity contribution is 5.98. The summed E-state index contributed by atoms with van der Waals surface area (Å²) in [5, 5.41) is 24.6. The van der Waals surface area contributed by atoms with Gasteiger partial charge in [0.25, 0.3) is 5.91 Å².